The molecule has 0 aliphatic carbocycles. The van der Waals surface area contributed by atoms with Crippen molar-refractivity contribution in [3.63, 3.8) is 0 Å². The van der Waals surface area contributed by atoms with Crippen LogP contribution in [-0.4, -0.2) is 36.7 Å². The molecule has 2 heterocycles. The Morgan fingerprint density at radius 2 is 2.35 bits per heavy atom. The molecule has 17 heavy (non-hydrogen) atoms. The predicted octanol–water partition coefficient (Wildman–Crippen LogP) is 0.655. The normalized spacial score (nSPS) is 35.4. The molecule has 2 aliphatic heterocycles. The molecule has 2 N–H and O–H groups in total. The lowest BCUT2D eigenvalue weighted by molar-refractivity contribution is -0.129. The van der Waals surface area contributed by atoms with E-state index in [1.54, 1.807) is 0 Å². The highest BCUT2D eigenvalue weighted by Gasteiger charge is 2.47. The van der Waals surface area contributed by atoms with Gasteiger partial charge in [-0.2, -0.15) is 0 Å². The number of amides is 1. The van der Waals surface area contributed by atoms with E-state index in [1.807, 2.05) is 6.92 Å². The number of nitrogens with one attached hydrogen (secondary N) is 2. The van der Waals surface area contributed by atoms with Crippen LogP contribution in [0.5, 0.6) is 0 Å². The maximum Gasteiger partial charge on any atom is 0.252 e. The van der Waals surface area contributed by atoms with Crippen LogP contribution in [0.1, 0.15) is 33.6 Å². The molecule has 1 amide bonds. The number of carbonyl (C=O) groups is 1. The van der Waals surface area contributed by atoms with Crippen molar-refractivity contribution in [3.05, 3.63) is 0 Å². The third-order valence-electron chi connectivity index (χ3n) is 3.21. The second-order valence-corrected chi connectivity index (χ2v) is 5.38. The minimum Gasteiger partial charge on any atom is -0.378 e. The molecule has 0 aromatic carbocycles. The summed E-state index contributed by atoms with van der Waals surface area (Å²) in [6, 6.07) is 0. The summed E-state index contributed by atoms with van der Waals surface area (Å²) in [6.45, 7) is 7.56. The van der Waals surface area contributed by atoms with E-state index in [4.69, 9.17) is 4.74 Å². The van der Waals surface area contributed by atoms with Crippen LogP contribution in [0.4, 0.5) is 0 Å². The Hall–Kier alpha value is -1.10. The summed E-state index contributed by atoms with van der Waals surface area (Å²) in [5.74, 6) is 1.15. The summed E-state index contributed by atoms with van der Waals surface area (Å²) in [6.07, 6.45) is 1.54. The zero-order chi connectivity index (χ0) is 12.5. The lowest BCUT2D eigenvalue weighted by atomic mass is 9.87. The highest BCUT2D eigenvalue weighted by atomic mass is 16.5. The zero-order valence-electron chi connectivity index (χ0n) is 10.7. The molecule has 5 nitrogen and oxygen atoms in total. The molecule has 0 radical (unpaired) electrons. The lowest BCUT2D eigenvalue weighted by Gasteiger charge is -2.34. The Kier molecular flexibility index (Phi) is 3.38. The molecule has 1 spiro atoms. The summed E-state index contributed by atoms with van der Waals surface area (Å²) in [5, 5.41) is 6.09. The summed E-state index contributed by atoms with van der Waals surface area (Å²) in [4.78, 5) is 16.4. The minimum atomic E-state index is -0.493. The van der Waals surface area contributed by atoms with Crippen molar-refractivity contribution in [2.45, 2.75) is 45.3 Å². The standard InChI is InChI=1S/C12H21N3O2/c1-8(2)7-13-11-14-10(16)12(15-11)4-5-17-9(3)6-12/h8-9H,4-7H2,1-3H3,(H2,13,14,15,16). The Labute approximate surface area is 102 Å². The van der Waals surface area contributed by atoms with E-state index >= 15 is 0 Å². The van der Waals surface area contributed by atoms with E-state index < -0.39 is 5.54 Å². The molecule has 0 aromatic heterocycles. The molecule has 2 saturated heterocycles. The molecule has 2 aliphatic rings. The Morgan fingerprint density at radius 1 is 1.59 bits per heavy atom. The second-order valence-electron chi connectivity index (χ2n) is 5.38. The minimum absolute atomic E-state index is 0.0372. The van der Waals surface area contributed by atoms with Crippen molar-refractivity contribution >= 4 is 11.9 Å². The number of carbonyl (C=O) groups excluding carboxylic acids is 1. The number of aliphatic imine (C=N–C) groups is 1. The first-order valence-corrected chi connectivity index (χ1v) is 6.27. The van der Waals surface area contributed by atoms with Gasteiger partial charge in [0.15, 0.2) is 5.96 Å². The fraction of sp³-hybridized carbons (Fsp3) is 0.833. The molecule has 2 fully saturated rings. The van der Waals surface area contributed by atoms with Crippen molar-refractivity contribution in [1.82, 2.24) is 10.6 Å². The molecule has 2 unspecified atom stereocenters. The molecular weight excluding hydrogens is 218 g/mol. The van der Waals surface area contributed by atoms with E-state index in [2.05, 4.69) is 29.5 Å². The first-order chi connectivity index (χ1) is 8.02. The third-order valence-corrected chi connectivity index (χ3v) is 3.21. The quantitative estimate of drug-likeness (QED) is 0.744. The van der Waals surface area contributed by atoms with Crippen molar-refractivity contribution in [2.75, 3.05) is 13.2 Å². The van der Waals surface area contributed by atoms with Gasteiger partial charge in [0.25, 0.3) is 5.91 Å². The molecule has 96 valence electrons. The maximum absolute atomic E-state index is 12.0. The molecule has 2 rings (SSSR count). The first kappa shape index (κ1) is 12.4. The molecule has 2 atom stereocenters. The number of hydrogen-bond acceptors (Lipinski definition) is 3. The molecule has 0 bridgehead atoms. The van der Waals surface area contributed by atoms with Crippen LogP contribution in [0.25, 0.3) is 0 Å². The number of nitrogens with zero attached hydrogens (tertiary/aromatic N) is 1. The van der Waals surface area contributed by atoms with Crippen molar-refractivity contribution < 1.29 is 9.53 Å². The van der Waals surface area contributed by atoms with Gasteiger partial charge in [-0.25, -0.2) is 0 Å². The zero-order valence-corrected chi connectivity index (χ0v) is 10.7. The Morgan fingerprint density at radius 3 is 3.00 bits per heavy atom. The van der Waals surface area contributed by atoms with E-state index in [9.17, 15) is 4.79 Å². The average molecular weight is 239 g/mol. The lowest BCUT2D eigenvalue weighted by Crippen LogP contribution is -2.52. The highest BCUT2D eigenvalue weighted by molar-refractivity contribution is 6.09. The van der Waals surface area contributed by atoms with Gasteiger partial charge in [0.1, 0.15) is 5.54 Å². The maximum atomic E-state index is 12.0. The van der Waals surface area contributed by atoms with Crippen LogP contribution < -0.4 is 10.6 Å². The smallest absolute Gasteiger partial charge is 0.252 e. The first-order valence-electron chi connectivity index (χ1n) is 6.27. The van der Waals surface area contributed by atoms with Crippen LogP contribution in [0.15, 0.2) is 4.99 Å². The van der Waals surface area contributed by atoms with E-state index in [0.29, 0.717) is 31.3 Å². The van der Waals surface area contributed by atoms with Gasteiger partial charge < -0.3 is 10.1 Å². The second kappa shape index (κ2) is 4.64. The Bertz CT molecular complexity index is 341. The number of hydrogen-bond donors (Lipinski definition) is 2. The molecule has 5 heteroatoms. The fourth-order valence-corrected chi connectivity index (χ4v) is 2.30. The van der Waals surface area contributed by atoms with Crippen LogP contribution in [-0.2, 0) is 9.53 Å². The highest BCUT2D eigenvalue weighted by Crippen LogP contribution is 2.27. The van der Waals surface area contributed by atoms with Crippen molar-refractivity contribution in [1.29, 1.82) is 0 Å². The summed E-state index contributed by atoms with van der Waals surface area (Å²) < 4.78 is 5.49. The number of ether oxygens (including phenoxy) is 1. The van der Waals surface area contributed by atoms with Gasteiger partial charge in [-0.3, -0.25) is 15.1 Å². The van der Waals surface area contributed by atoms with Crippen LogP contribution >= 0.6 is 0 Å². The number of guanidine groups is 1. The predicted molar refractivity (Wildman–Crippen MR) is 65.8 cm³/mol. The van der Waals surface area contributed by atoms with E-state index in [-0.39, 0.29) is 12.0 Å². The van der Waals surface area contributed by atoms with Gasteiger partial charge in [0.2, 0.25) is 0 Å². The average Bonchev–Trinajstić information content (AvgIpc) is 2.53. The van der Waals surface area contributed by atoms with Crippen LogP contribution in [0.2, 0.25) is 0 Å². The third kappa shape index (κ3) is 2.60. The molecule has 0 aromatic rings. The fourth-order valence-electron chi connectivity index (χ4n) is 2.30. The van der Waals surface area contributed by atoms with Gasteiger partial charge in [0, 0.05) is 26.0 Å². The molecule has 0 saturated carbocycles. The van der Waals surface area contributed by atoms with Gasteiger partial charge in [-0.15, -0.1) is 0 Å². The van der Waals surface area contributed by atoms with Crippen molar-refractivity contribution in [2.24, 2.45) is 10.9 Å². The van der Waals surface area contributed by atoms with Crippen LogP contribution in [0, 0.1) is 5.92 Å². The summed E-state index contributed by atoms with van der Waals surface area (Å²) >= 11 is 0. The number of rotatable bonds is 2. The SMILES string of the molecule is CC(C)CN=C1NC(=O)C2(CCOC(C)C2)N1. The van der Waals surface area contributed by atoms with Gasteiger partial charge in [-0.05, 0) is 12.8 Å². The van der Waals surface area contributed by atoms with E-state index in [0.717, 1.165) is 6.54 Å². The monoisotopic (exact) mass is 239 g/mol. The van der Waals surface area contributed by atoms with Crippen molar-refractivity contribution in [3.8, 4) is 0 Å². The van der Waals surface area contributed by atoms with Crippen LogP contribution in [0.3, 0.4) is 0 Å². The van der Waals surface area contributed by atoms with Gasteiger partial charge >= 0.3 is 0 Å². The van der Waals surface area contributed by atoms with E-state index in [1.165, 1.54) is 0 Å². The molecular formula is C12H21N3O2. The summed E-state index contributed by atoms with van der Waals surface area (Å²) in [7, 11) is 0. The van der Waals surface area contributed by atoms with Gasteiger partial charge in [-0.1, -0.05) is 13.8 Å². The largest absolute Gasteiger partial charge is 0.378 e. The van der Waals surface area contributed by atoms with Gasteiger partial charge in [0.05, 0.1) is 6.10 Å². The topological polar surface area (TPSA) is 62.7 Å². The Balaban J connectivity index is 2.06. The summed E-state index contributed by atoms with van der Waals surface area (Å²) in [5.41, 5.74) is -0.493.